The maximum absolute atomic E-state index is 5.78. The first-order valence-electron chi connectivity index (χ1n) is 7.56. The van der Waals surface area contributed by atoms with Gasteiger partial charge in [0.1, 0.15) is 0 Å². The predicted molar refractivity (Wildman–Crippen MR) is 84.0 cm³/mol. The van der Waals surface area contributed by atoms with E-state index in [1.807, 2.05) is 0 Å². The maximum atomic E-state index is 5.78. The quantitative estimate of drug-likeness (QED) is 0.432. The van der Waals surface area contributed by atoms with Crippen LogP contribution < -0.4 is 11.3 Å². The van der Waals surface area contributed by atoms with Crippen LogP contribution in [0, 0.1) is 0 Å². The fraction of sp³-hybridized carbons (Fsp3) is 0.647. The summed E-state index contributed by atoms with van der Waals surface area (Å²) in [5.74, 6) is 5.78. The fourth-order valence-electron chi connectivity index (χ4n) is 2.59. The molecule has 1 atom stereocenters. The minimum absolute atomic E-state index is 0.162. The summed E-state index contributed by atoms with van der Waals surface area (Å²) in [4.78, 5) is 0. The monoisotopic (exact) mass is 262 g/mol. The summed E-state index contributed by atoms with van der Waals surface area (Å²) in [5.41, 5.74) is 5.92. The summed E-state index contributed by atoms with van der Waals surface area (Å²) in [6.45, 7) is 9.02. The van der Waals surface area contributed by atoms with Crippen LogP contribution in [0.5, 0.6) is 0 Å². The lowest BCUT2D eigenvalue weighted by atomic mass is 9.81. The van der Waals surface area contributed by atoms with E-state index in [0.717, 1.165) is 6.42 Å². The highest BCUT2D eigenvalue weighted by molar-refractivity contribution is 5.35. The summed E-state index contributed by atoms with van der Waals surface area (Å²) in [5, 5.41) is 0. The zero-order valence-electron chi connectivity index (χ0n) is 13.0. The van der Waals surface area contributed by atoms with Crippen molar-refractivity contribution in [1.82, 2.24) is 5.43 Å². The van der Waals surface area contributed by atoms with Gasteiger partial charge in [0.25, 0.3) is 0 Å². The standard InChI is InChI=1S/C17H30N2/c1-5-6-7-8-13-16(19-18)14-11-9-10-12-15(14)17(2,3)4/h9-12,16,19H,5-8,13,18H2,1-4H3. The van der Waals surface area contributed by atoms with Crippen LogP contribution in [0.15, 0.2) is 24.3 Å². The minimum Gasteiger partial charge on any atom is -0.271 e. The molecule has 1 aromatic rings. The molecule has 2 nitrogen and oxygen atoms in total. The molecule has 108 valence electrons. The molecule has 0 heterocycles. The van der Waals surface area contributed by atoms with Crippen LogP contribution in [0.1, 0.15) is 77.0 Å². The van der Waals surface area contributed by atoms with Crippen molar-refractivity contribution in [3.05, 3.63) is 35.4 Å². The summed E-state index contributed by atoms with van der Waals surface area (Å²) >= 11 is 0. The van der Waals surface area contributed by atoms with Crippen LogP contribution in [0.25, 0.3) is 0 Å². The van der Waals surface area contributed by atoms with Crippen molar-refractivity contribution in [2.24, 2.45) is 5.84 Å². The smallest absolute Gasteiger partial charge is 0.0462 e. The molecule has 0 bridgehead atoms. The second-order valence-electron chi connectivity index (χ2n) is 6.41. The number of benzene rings is 1. The third-order valence-corrected chi connectivity index (χ3v) is 3.69. The molecule has 0 saturated heterocycles. The SMILES string of the molecule is CCCCCCC(NN)c1ccccc1C(C)(C)C. The third-order valence-electron chi connectivity index (χ3n) is 3.69. The van der Waals surface area contributed by atoms with Crippen molar-refractivity contribution in [3.8, 4) is 0 Å². The highest BCUT2D eigenvalue weighted by Crippen LogP contribution is 2.31. The summed E-state index contributed by atoms with van der Waals surface area (Å²) in [6.07, 6.45) is 6.24. The average molecular weight is 262 g/mol. The number of hydrogen-bond acceptors (Lipinski definition) is 2. The Balaban J connectivity index is 2.80. The molecule has 0 aliphatic rings. The number of unbranched alkanes of at least 4 members (excludes halogenated alkanes) is 3. The minimum atomic E-state index is 0.162. The molecular weight excluding hydrogens is 232 g/mol. The van der Waals surface area contributed by atoms with E-state index in [9.17, 15) is 0 Å². The Morgan fingerprint density at radius 3 is 2.37 bits per heavy atom. The average Bonchev–Trinajstić information content (AvgIpc) is 2.38. The van der Waals surface area contributed by atoms with E-state index in [2.05, 4.69) is 57.4 Å². The van der Waals surface area contributed by atoms with E-state index in [0.29, 0.717) is 0 Å². The summed E-state index contributed by atoms with van der Waals surface area (Å²) < 4.78 is 0. The van der Waals surface area contributed by atoms with Crippen LogP contribution in [0.3, 0.4) is 0 Å². The number of hydrogen-bond donors (Lipinski definition) is 2. The Bertz CT molecular complexity index is 366. The van der Waals surface area contributed by atoms with Crippen LogP contribution in [-0.4, -0.2) is 0 Å². The van der Waals surface area contributed by atoms with E-state index < -0.39 is 0 Å². The molecule has 0 aromatic heterocycles. The van der Waals surface area contributed by atoms with Crippen molar-refractivity contribution in [2.75, 3.05) is 0 Å². The van der Waals surface area contributed by atoms with Gasteiger partial charge in [-0.15, -0.1) is 0 Å². The zero-order chi connectivity index (χ0) is 14.3. The third kappa shape index (κ3) is 4.96. The van der Waals surface area contributed by atoms with Gasteiger partial charge in [0.05, 0.1) is 0 Å². The molecule has 1 rings (SSSR count). The largest absolute Gasteiger partial charge is 0.271 e. The Morgan fingerprint density at radius 2 is 1.79 bits per heavy atom. The van der Waals surface area contributed by atoms with Gasteiger partial charge in [0, 0.05) is 6.04 Å². The molecule has 0 fully saturated rings. The number of nitrogens with one attached hydrogen (secondary N) is 1. The Labute approximate surface area is 118 Å². The van der Waals surface area contributed by atoms with Crippen LogP contribution in [-0.2, 0) is 5.41 Å². The number of hydrazine groups is 1. The Morgan fingerprint density at radius 1 is 1.11 bits per heavy atom. The van der Waals surface area contributed by atoms with Gasteiger partial charge in [-0.05, 0) is 23.0 Å². The van der Waals surface area contributed by atoms with Crippen LogP contribution in [0.2, 0.25) is 0 Å². The lowest BCUT2D eigenvalue weighted by molar-refractivity contribution is 0.468. The second-order valence-corrected chi connectivity index (χ2v) is 6.41. The second kappa shape index (κ2) is 7.66. The molecule has 1 aromatic carbocycles. The van der Waals surface area contributed by atoms with E-state index in [1.54, 1.807) is 0 Å². The molecule has 1 unspecified atom stereocenters. The van der Waals surface area contributed by atoms with E-state index in [4.69, 9.17) is 5.84 Å². The van der Waals surface area contributed by atoms with E-state index in [-0.39, 0.29) is 11.5 Å². The molecule has 0 aliphatic heterocycles. The lowest BCUT2D eigenvalue weighted by Crippen LogP contribution is -2.30. The van der Waals surface area contributed by atoms with Gasteiger partial charge >= 0.3 is 0 Å². The van der Waals surface area contributed by atoms with Gasteiger partial charge in [-0.25, -0.2) is 0 Å². The van der Waals surface area contributed by atoms with Crippen LogP contribution in [0.4, 0.5) is 0 Å². The highest BCUT2D eigenvalue weighted by atomic mass is 15.2. The van der Waals surface area contributed by atoms with Gasteiger partial charge in [0.15, 0.2) is 0 Å². The summed E-state index contributed by atoms with van der Waals surface area (Å²) in [7, 11) is 0. The van der Waals surface area contributed by atoms with Crippen molar-refractivity contribution >= 4 is 0 Å². The van der Waals surface area contributed by atoms with E-state index in [1.165, 1.54) is 36.8 Å². The van der Waals surface area contributed by atoms with Crippen LogP contribution >= 0.6 is 0 Å². The molecule has 0 aliphatic carbocycles. The first-order valence-corrected chi connectivity index (χ1v) is 7.56. The molecule has 3 N–H and O–H groups in total. The summed E-state index contributed by atoms with van der Waals surface area (Å²) in [6, 6.07) is 8.94. The van der Waals surface area contributed by atoms with Crippen molar-refractivity contribution in [1.29, 1.82) is 0 Å². The van der Waals surface area contributed by atoms with Crippen molar-refractivity contribution in [2.45, 2.75) is 71.3 Å². The molecule has 19 heavy (non-hydrogen) atoms. The first kappa shape index (κ1) is 16.2. The van der Waals surface area contributed by atoms with Gasteiger partial charge in [-0.2, -0.15) is 0 Å². The molecule has 0 spiro atoms. The Kier molecular flexibility index (Phi) is 6.53. The topological polar surface area (TPSA) is 38.0 Å². The first-order chi connectivity index (χ1) is 9.00. The lowest BCUT2D eigenvalue weighted by Gasteiger charge is -2.27. The fourth-order valence-corrected chi connectivity index (χ4v) is 2.59. The molecule has 2 heteroatoms. The molecular formula is C17H30N2. The predicted octanol–water partition coefficient (Wildman–Crippen LogP) is 4.46. The van der Waals surface area contributed by atoms with Gasteiger partial charge in [0.2, 0.25) is 0 Å². The maximum Gasteiger partial charge on any atom is 0.0462 e. The Hall–Kier alpha value is -0.860. The molecule has 0 amide bonds. The van der Waals surface area contributed by atoms with Gasteiger partial charge in [-0.3, -0.25) is 11.3 Å². The van der Waals surface area contributed by atoms with Gasteiger partial charge < -0.3 is 0 Å². The van der Waals surface area contributed by atoms with Crippen molar-refractivity contribution < 1.29 is 0 Å². The highest BCUT2D eigenvalue weighted by Gasteiger charge is 2.21. The number of rotatable bonds is 7. The van der Waals surface area contributed by atoms with Crippen molar-refractivity contribution in [3.63, 3.8) is 0 Å². The normalized spacial score (nSPS) is 13.5. The zero-order valence-corrected chi connectivity index (χ0v) is 13.0. The van der Waals surface area contributed by atoms with E-state index >= 15 is 0 Å². The molecule has 0 saturated carbocycles. The van der Waals surface area contributed by atoms with Gasteiger partial charge in [-0.1, -0.05) is 77.6 Å². The number of nitrogens with two attached hydrogens (primary N) is 1. The molecule has 0 radical (unpaired) electrons.